The minimum Gasteiger partial charge on any atom is -0.382 e. The summed E-state index contributed by atoms with van der Waals surface area (Å²) in [7, 11) is 0. The Labute approximate surface area is 99.0 Å². The number of aryl methyl sites for hydroxylation is 2. The SMILES string of the molecule is CCOCCCNCc1ccc(C)c(C)c1. The zero-order valence-electron chi connectivity index (χ0n) is 10.7. The maximum absolute atomic E-state index is 5.28. The smallest absolute Gasteiger partial charge is 0.0477 e. The molecule has 0 unspecified atom stereocenters. The van der Waals surface area contributed by atoms with Crippen LogP contribution in [0.15, 0.2) is 18.2 Å². The standard InChI is InChI=1S/C14H23NO/c1-4-16-9-5-8-15-11-14-7-6-12(2)13(3)10-14/h6-7,10,15H,4-5,8-9,11H2,1-3H3. The molecule has 0 amide bonds. The molecule has 1 rings (SSSR count). The van der Waals surface area contributed by atoms with Crippen molar-refractivity contribution in [1.29, 1.82) is 0 Å². The van der Waals surface area contributed by atoms with Crippen LogP contribution < -0.4 is 5.32 Å². The van der Waals surface area contributed by atoms with Crippen molar-refractivity contribution in [3.05, 3.63) is 34.9 Å². The Morgan fingerprint density at radius 2 is 2.00 bits per heavy atom. The Bertz CT molecular complexity index is 310. The lowest BCUT2D eigenvalue weighted by Gasteiger charge is -2.07. The second-order valence-electron chi connectivity index (χ2n) is 4.15. The van der Waals surface area contributed by atoms with Gasteiger partial charge >= 0.3 is 0 Å². The third kappa shape index (κ3) is 4.77. The fraction of sp³-hybridized carbons (Fsp3) is 0.571. The van der Waals surface area contributed by atoms with Gasteiger partial charge in [-0.05, 0) is 50.4 Å². The first-order valence-electron chi connectivity index (χ1n) is 6.08. The number of ether oxygens (including phenoxy) is 1. The molecule has 0 aliphatic rings. The Balaban J connectivity index is 2.19. The van der Waals surface area contributed by atoms with Crippen molar-refractivity contribution in [3.63, 3.8) is 0 Å². The van der Waals surface area contributed by atoms with E-state index in [-0.39, 0.29) is 0 Å². The van der Waals surface area contributed by atoms with E-state index in [1.54, 1.807) is 0 Å². The Morgan fingerprint density at radius 3 is 2.69 bits per heavy atom. The number of hydrogen-bond acceptors (Lipinski definition) is 2. The minimum absolute atomic E-state index is 0.817. The van der Waals surface area contributed by atoms with Gasteiger partial charge in [0, 0.05) is 19.8 Å². The molecule has 0 aliphatic heterocycles. The normalized spacial score (nSPS) is 10.7. The molecule has 1 N–H and O–H groups in total. The molecule has 0 radical (unpaired) electrons. The van der Waals surface area contributed by atoms with Crippen LogP contribution in [0.3, 0.4) is 0 Å². The fourth-order valence-corrected chi connectivity index (χ4v) is 1.59. The summed E-state index contributed by atoms with van der Waals surface area (Å²) in [5, 5.41) is 3.43. The van der Waals surface area contributed by atoms with Crippen LogP contribution in [0, 0.1) is 13.8 Å². The van der Waals surface area contributed by atoms with Crippen LogP contribution >= 0.6 is 0 Å². The summed E-state index contributed by atoms with van der Waals surface area (Å²) < 4.78 is 5.28. The molecule has 0 saturated carbocycles. The van der Waals surface area contributed by atoms with Crippen molar-refractivity contribution in [1.82, 2.24) is 5.32 Å². The summed E-state index contributed by atoms with van der Waals surface area (Å²) in [5.74, 6) is 0. The van der Waals surface area contributed by atoms with Crippen molar-refractivity contribution in [2.24, 2.45) is 0 Å². The number of rotatable bonds is 7. The van der Waals surface area contributed by atoms with E-state index in [2.05, 4.69) is 37.4 Å². The predicted octanol–water partition coefficient (Wildman–Crippen LogP) is 2.82. The van der Waals surface area contributed by atoms with Gasteiger partial charge in [0.1, 0.15) is 0 Å². The molecule has 0 spiro atoms. The van der Waals surface area contributed by atoms with Crippen molar-refractivity contribution < 1.29 is 4.74 Å². The van der Waals surface area contributed by atoms with Gasteiger partial charge in [0.25, 0.3) is 0 Å². The first-order valence-corrected chi connectivity index (χ1v) is 6.08. The van der Waals surface area contributed by atoms with E-state index in [9.17, 15) is 0 Å². The molecule has 2 nitrogen and oxygen atoms in total. The third-order valence-electron chi connectivity index (χ3n) is 2.75. The van der Waals surface area contributed by atoms with E-state index >= 15 is 0 Å². The number of nitrogens with one attached hydrogen (secondary N) is 1. The summed E-state index contributed by atoms with van der Waals surface area (Å²) in [5.41, 5.74) is 4.09. The average Bonchev–Trinajstić information content (AvgIpc) is 2.28. The van der Waals surface area contributed by atoms with Crippen LogP contribution in [0.5, 0.6) is 0 Å². The molecule has 0 fully saturated rings. The van der Waals surface area contributed by atoms with E-state index in [1.807, 2.05) is 6.92 Å². The van der Waals surface area contributed by atoms with Gasteiger partial charge in [0.15, 0.2) is 0 Å². The minimum atomic E-state index is 0.817. The van der Waals surface area contributed by atoms with E-state index in [1.165, 1.54) is 16.7 Å². The van der Waals surface area contributed by atoms with Gasteiger partial charge in [0.2, 0.25) is 0 Å². The summed E-state index contributed by atoms with van der Waals surface area (Å²) in [6, 6.07) is 6.63. The van der Waals surface area contributed by atoms with Crippen LogP contribution in [0.1, 0.15) is 30.0 Å². The van der Waals surface area contributed by atoms with Crippen LogP contribution in [-0.2, 0) is 11.3 Å². The molecule has 0 heterocycles. The molecular weight excluding hydrogens is 198 g/mol. The second-order valence-corrected chi connectivity index (χ2v) is 4.15. The zero-order valence-corrected chi connectivity index (χ0v) is 10.7. The first-order chi connectivity index (χ1) is 7.74. The summed E-state index contributed by atoms with van der Waals surface area (Å²) >= 11 is 0. The van der Waals surface area contributed by atoms with Gasteiger partial charge < -0.3 is 10.1 Å². The summed E-state index contributed by atoms with van der Waals surface area (Å²) in [4.78, 5) is 0. The van der Waals surface area contributed by atoms with Crippen LogP contribution in [0.2, 0.25) is 0 Å². The molecule has 2 heteroatoms. The van der Waals surface area contributed by atoms with Crippen LogP contribution in [0.4, 0.5) is 0 Å². The lowest BCUT2D eigenvalue weighted by molar-refractivity contribution is 0.144. The average molecular weight is 221 g/mol. The second kappa shape index (κ2) is 7.42. The molecule has 90 valence electrons. The quantitative estimate of drug-likeness (QED) is 0.715. The van der Waals surface area contributed by atoms with Gasteiger partial charge in [-0.15, -0.1) is 0 Å². The van der Waals surface area contributed by atoms with Crippen molar-refractivity contribution in [2.45, 2.75) is 33.7 Å². The van der Waals surface area contributed by atoms with Crippen molar-refractivity contribution >= 4 is 0 Å². The monoisotopic (exact) mass is 221 g/mol. The van der Waals surface area contributed by atoms with Gasteiger partial charge in [-0.3, -0.25) is 0 Å². The molecule has 0 aliphatic carbocycles. The Kier molecular flexibility index (Phi) is 6.12. The number of benzene rings is 1. The van der Waals surface area contributed by atoms with E-state index in [0.717, 1.165) is 32.7 Å². The topological polar surface area (TPSA) is 21.3 Å². The molecule has 0 aromatic heterocycles. The van der Waals surface area contributed by atoms with E-state index in [4.69, 9.17) is 4.74 Å². The van der Waals surface area contributed by atoms with Gasteiger partial charge in [-0.25, -0.2) is 0 Å². The molecule has 0 atom stereocenters. The van der Waals surface area contributed by atoms with Crippen molar-refractivity contribution in [3.8, 4) is 0 Å². The fourth-order valence-electron chi connectivity index (χ4n) is 1.59. The Morgan fingerprint density at radius 1 is 1.19 bits per heavy atom. The summed E-state index contributed by atoms with van der Waals surface area (Å²) in [6.45, 7) is 9.98. The molecule has 1 aromatic rings. The van der Waals surface area contributed by atoms with E-state index < -0.39 is 0 Å². The molecule has 0 saturated heterocycles. The molecule has 1 aromatic carbocycles. The maximum Gasteiger partial charge on any atom is 0.0477 e. The van der Waals surface area contributed by atoms with Gasteiger partial charge in [-0.2, -0.15) is 0 Å². The van der Waals surface area contributed by atoms with Gasteiger partial charge in [0.05, 0.1) is 0 Å². The largest absolute Gasteiger partial charge is 0.382 e. The lowest BCUT2D eigenvalue weighted by Crippen LogP contribution is -2.16. The summed E-state index contributed by atoms with van der Waals surface area (Å²) in [6.07, 6.45) is 1.08. The first kappa shape index (κ1) is 13.2. The molecule has 0 bridgehead atoms. The maximum atomic E-state index is 5.28. The molecule has 16 heavy (non-hydrogen) atoms. The van der Waals surface area contributed by atoms with Crippen molar-refractivity contribution in [2.75, 3.05) is 19.8 Å². The predicted molar refractivity (Wildman–Crippen MR) is 68.7 cm³/mol. The highest BCUT2D eigenvalue weighted by molar-refractivity contribution is 5.29. The van der Waals surface area contributed by atoms with Gasteiger partial charge in [-0.1, -0.05) is 18.2 Å². The highest BCUT2D eigenvalue weighted by atomic mass is 16.5. The number of hydrogen-bond donors (Lipinski definition) is 1. The Hall–Kier alpha value is -0.860. The molecular formula is C14H23NO. The zero-order chi connectivity index (χ0) is 11.8. The van der Waals surface area contributed by atoms with Crippen LogP contribution in [-0.4, -0.2) is 19.8 Å². The van der Waals surface area contributed by atoms with Crippen LogP contribution in [0.25, 0.3) is 0 Å². The lowest BCUT2D eigenvalue weighted by atomic mass is 10.1. The van der Waals surface area contributed by atoms with E-state index in [0.29, 0.717) is 0 Å². The highest BCUT2D eigenvalue weighted by Gasteiger charge is 1.96. The third-order valence-corrected chi connectivity index (χ3v) is 2.75. The highest BCUT2D eigenvalue weighted by Crippen LogP contribution is 2.09.